The van der Waals surface area contributed by atoms with E-state index in [1.165, 1.54) is 29.4 Å². The average molecular weight is 490 g/mol. The van der Waals surface area contributed by atoms with Crippen LogP contribution in [0.1, 0.15) is 16.1 Å². The summed E-state index contributed by atoms with van der Waals surface area (Å²) in [5, 5.41) is 5.72. The predicted molar refractivity (Wildman–Crippen MR) is 125 cm³/mol. The number of rotatable bonds is 9. The molecule has 0 spiro atoms. The van der Waals surface area contributed by atoms with E-state index < -0.39 is 17.7 Å². The van der Waals surface area contributed by atoms with E-state index in [-0.39, 0.29) is 30.2 Å². The van der Waals surface area contributed by atoms with E-state index in [4.69, 9.17) is 32.4 Å². The summed E-state index contributed by atoms with van der Waals surface area (Å²) in [6.45, 7) is -0.506. The molecule has 0 fully saturated rings. The van der Waals surface area contributed by atoms with Gasteiger partial charge in [0.1, 0.15) is 18.1 Å². The predicted octanol–water partition coefficient (Wildman–Crippen LogP) is 3.99. The SMILES string of the molecule is COc1ccc(NC(=O)CNC(=O)CN(Cc2ccco2)C(=O)c2ccc(Cl)c(Cl)c2)cc1. The largest absolute Gasteiger partial charge is 0.497 e. The van der Waals surface area contributed by atoms with Crippen molar-refractivity contribution in [3.63, 3.8) is 0 Å². The summed E-state index contributed by atoms with van der Waals surface area (Å²) in [4.78, 5) is 39.0. The van der Waals surface area contributed by atoms with Gasteiger partial charge in [0.25, 0.3) is 5.91 Å². The maximum absolute atomic E-state index is 13.0. The molecular formula is C23H21Cl2N3O5. The molecule has 0 radical (unpaired) electrons. The van der Waals surface area contributed by atoms with Crippen LogP contribution >= 0.6 is 23.2 Å². The van der Waals surface area contributed by atoms with Gasteiger partial charge in [0.2, 0.25) is 11.8 Å². The lowest BCUT2D eigenvalue weighted by molar-refractivity contribution is -0.124. The molecular weight excluding hydrogens is 469 g/mol. The molecule has 0 atom stereocenters. The van der Waals surface area contributed by atoms with Crippen molar-refractivity contribution in [2.24, 2.45) is 0 Å². The lowest BCUT2D eigenvalue weighted by Gasteiger charge is -2.21. The van der Waals surface area contributed by atoms with E-state index in [2.05, 4.69) is 10.6 Å². The van der Waals surface area contributed by atoms with Gasteiger partial charge in [-0.15, -0.1) is 0 Å². The summed E-state index contributed by atoms with van der Waals surface area (Å²) >= 11 is 12.0. The lowest BCUT2D eigenvalue weighted by atomic mass is 10.2. The molecule has 0 saturated carbocycles. The first-order valence-corrected chi connectivity index (χ1v) is 10.6. The Balaban J connectivity index is 1.61. The number of furan rings is 1. The number of amides is 3. The topological polar surface area (TPSA) is 101 Å². The number of carbonyl (C=O) groups excluding carboxylic acids is 3. The van der Waals surface area contributed by atoms with Crippen molar-refractivity contribution in [2.45, 2.75) is 6.54 Å². The molecule has 3 aromatic rings. The molecule has 172 valence electrons. The van der Waals surface area contributed by atoms with Gasteiger partial charge >= 0.3 is 0 Å². The van der Waals surface area contributed by atoms with Gasteiger partial charge in [0.15, 0.2) is 0 Å². The quantitative estimate of drug-likeness (QED) is 0.473. The summed E-state index contributed by atoms with van der Waals surface area (Å²) in [6, 6.07) is 14.6. The number of halogens is 2. The minimum absolute atomic E-state index is 0.0531. The van der Waals surface area contributed by atoms with E-state index in [1.807, 2.05) is 0 Å². The Morgan fingerprint density at radius 1 is 1.00 bits per heavy atom. The van der Waals surface area contributed by atoms with Gasteiger partial charge in [0.05, 0.1) is 36.5 Å². The summed E-state index contributed by atoms with van der Waals surface area (Å²) in [5.41, 5.74) is 0.824. The highest BCUT2D eigenvalue weighted by atomic mass is 35.5. The Hall–Kier alpha value is -3.49. The minimum Gasteiger partial charge on any atom is -0.497 e. The summed E-state index contributed by atoms with van der Waals surface area (Å²) < 4.78 is 10.4. The molecule has 0 unspecified atom stereocenters. The number of benzene rings is 2. The van der Waals surface area contributed by atoms with Crippen molar-refractivity contribution >= 4 is 46.6 Å². The number of hydrogen-bond acceptors (Lipinski definition) is 5. The van der Waals surface area contributed by atoms with E-state index in [0.29, 0.717) is 22.2 Å². The van der Waals surface area contributed by atoms with Crippen LogP contribution in [0.2, 0.25) is 10.0 Å². The van der Waals surface area contributed by atoms with Crippen molar-refractivity contribution in [3.05, 3.63) is 82.2 Å². The number of methoxy groups -OCH3 is 1. The maximum atomic E-state index is 13.0. The number of carbonyl (C=O) groups is 3. The third-order valence-corrected chi connectivity index (χ3v) is 5.27. The van der Waals surface area contributed by atoms with Crippen LogP contribution in [0.4, 0.5) is 5.69 Å². The Labute approximate surface area is 200 Å². The molecule has 10 heteroatoms. The van der Waals surface area contributed by atoms with Crippen LogP contribution in [-0.4, -0.2) is 42.8 Å². The molecule has 0 aliphatic heterocycles. The van der Waals surface area contributed by atoms with Gasteiger partial charge in [-0.25, -0.2) is 0 Å². The fourth-order valence-electron chi connectivity index (χ4n) is 2.89. The van der Waals surface area contributed by atoms with Crippen LogP contribution in [0.25, 0.3) is 0 Å². The normalized spacial score (nSPS) is 10.4. The Morgan fingerprint density at radius 3 is 2.39 bits per heavy atom. The molecule has 1 aromatic heterocycles. The first-order chi connectivity index (χ1) is 15.9. The zero-order chi connectivity index (χ0) is 23.8. The van der Waals surface area contributed by atoms with Crippen LogP contribution in [0.3, 0.4) is 0 Å². The van der Waals surface area contributed by atoms with Crippen molar-refractivity contribution in [1.82, 2.24) is 10.2 Å². The van der Waals surface area contributed by atoms with Gasteiger partial charge in [-0.1, -0.05) is 23.2 Å². The first-order valence-electron chi connectivity index (χ1n) is 9.83. The Morgan fingerprint density at radius 2 is 1.76 bits per heavy atom. The van der Waals surface area contributed by atoms with Gasteiger partial charge in [0, 0.05) is 11.3 Å². The monoisotopic (exact) mass is 489 g/mol. The van der Waals surface area contributed by atoms with Crippen molar-refractivity contribution in [3.8, 4) is 5.75 Å². The molecule has 3 rings (SSSR count). The molecule has 2 N–H and O–H groups in total. The van der Waals surface area contributed by atoms with E-state index in [0.717, 1.165) is 0 Å². The molecule has 3 amide bonds. The molecule has 1 heterocycles. The highest BCUT2D eigenvalue weighted by Crippen LogP contribution is 2.23. The Bertz CT molecular complexity index is 1120. The number of nitrogens with zero attached hydrogens (tertiary/aromatic N) is 1. The summed E-state index contributed by atoms with van der Waals surface area (Å²) in [7, 11) is 1.55. The number of hydrogen-bond donors (Lipinski definition) is 2. The van der Waals surface area contributed by atoms with Gasteiger partial charge in [-0.2, -0.15) is 0 Å². The first kappa shape index (κ1) is 24.2. The van der Waals surface area contributed by atoms with Crippen LogP contribution in [0.15, 0.2) is 65.3 Å². The van der Waals surface area contributed by atoms with Crippen molar-refractivity contribution in [1.29, 1.82) is 0 Å². The lowest BCUT2D eigenvalue weighted by Crippen LogP contribution is -2.42. The summed E-state index contributed by atoms with van der Waals surface area (Å²) in [5.74, 6) is -0.220. The zero-order valence-electron chi connectivity index (χ0n) is 17.6. The fraction of sp³-hybridized carbons (Fsp3) is 0.174. The minimum atomic E-state index is -0.514. The highest BCUT2D eigenvalue weighted by molar-refractivity contribution is 6.42. The maximum Gasteiger partial charge on any atom is 0.254 e. The van der Waals surface area contributed by atoms with E-state index in [1.54, 1.807) is 43.5 Å². The average Bonchev–Trinajstić information content (AvgIpc) is 3.32. The fourth-order valence-corrected chi connectivity index (χ4v) is 3.19. The molecule has 33 heavy (non-hydrogen) atoms. The Kier molecular flexibility index (Phi) is 8.34. The number of nitrogens with one attached hydrogen (secondary N) is 2. The van der Waals surface area contributed by atoms with Gasteiger partial charge < -0.3 is 24.7 Å². The standard InChI is InChI=1S/C23H21Cl2N3O5/c1-32-17-7-5-16(6-8-17)27-21(29)12-26-22(30)14-28(13-18-3-2-10-33-18)23(31)15-4-9-19(24)20(25)11-15/h2-11H,12-14H2,1H3,(H,26,30)(H,27,29). The van der Waals surface area contributed by atoms with E-state index >= 15 is 0 Å². The molecule has 0 aliphatic carbocycles. The van der Waals surface area contributed by atoms with Crippen LogP contribution in [0.5, 0.6) is 5.75 Å². The third-order valence-electron chi connectivity index (χ3n) is 4.53. The van der Waals surface area contributed by atoms with Gasteiger partial charge in [-0.05, 0) is 54.6 Å². The molecule has 0 aliphatic rings. The second-order valence-corrected chi connectivity index (χ2v) is 7.74. The highest BCUT2D eigenvalue weighted by Gasteiger charge is 2.21. The second-order valence-electron chi connectivity index (χ2n) is 6.92. The molecule has 2 aromatic carbocycles. The van der Waals surface area contributed by atoms with E-state index in [9.17, 15) is 14.4 Å². The van der Waals surface area contributed by atoms with Crippen LogP contribution < -0.4 is 15.4 Å². The number of anilines is 1. The van der Waals surface area contributed by atoms with Crippen LogP contribution in [0, 0.1) is 0 Å². The smallest absolute Gasteiger partial charge is 0.254 e. The second kappa shape index (κ2) is 11.4. The zero-order valence-corrected chi connectivity index (χ0v) is 19.2. The summed E-state index contributed by atoms with van der Waals surface area (Å²) in [6.07, 6.45) is 1.47. The van der Waals surface area contributed by atoms with Crippen molar-refractivity contribution in [2.75, 3.05) is 25.5 Å². The van der Waals surface area contributed by atoms with Gasteiger partial charge in [-0.3, -0.25) is 14.4 Å². The third kappa shape index (κ3) is 7.00. The molecule has 0 bridgehead atoms. The molecule has 8 nitrogen and oxygen atoms in total. The van der Waals surface area contributed by atoms with Crippen LogP contribution in [-0.2, 0) is 16.1 Å². The van der Waals surface area contributed by atoms with Crippen molar-refractivity contribution < 1.29 is 23.5 Å². The molecule has 0 saturated heterocycles. The number of ether oxygens (including phenoxy) is 1.